The first-order valence-electron chi connectivity index (χ1n) is 4.90. The fraction of sp³-hybridized carbons (Fsp3) is 0.364. The first kappa shape index (κ1) is 10.7. The predicted octanol–water partition coefficient (Wildman–Crippen LogP) is 1.77. The van der Waals surface area contributed by atoms with E-state index >= 15 is 0 Å². The van der Waals surface area contributed by atoms with Gasteiger partial charge >= 0.3 is 5.97 Å². The van der Waals surface area contributed by atoms with Gasteiger partial charge in [0.15, 0.2) is 17.3 Å². The molecular formula is C11H11FO4. The van der Waals surface area contributed by atoms with Crippen LogP contribution in [0.5, 0.6) is 11.5 Å². The van der Waals surface area contributed by atoms with Crippen molar-refractivity contribution >= 4 is 5.97 Å². The Balaban J connectivity index is 2.51. The number of halogens is 1. The molecule has 1 aliphatic rings. The Morgan fingerprint density at radius 1 is 1.31 bits per heavy atom. The van der Waals surface area contributed by atoms with Crippen LogP contribution in [-0.4, -0.2) is 26.3 Å². The minimum Gasteiger partial charge on any atom is -0.489 e. The van der Waals surface area contributed by atoms with Gasteiger partial charge in [-0.05, 0) is 12.1 Å². The molecule has 0 aromatic heterocycles. The number of fused-ring (bicyclic) bond motifs is 1. The highest BCUT2D eigenvalue weighted by Crippen LogP contribution is 2.36. The van der Waals surface area contributed by atoms with Crippen molar-refractivity contribution in [1.82, 2.24) is 0 Å². The first-order chi connectivity index (χ1) is 7.74. The zero-order valence-corrected chi connectivity index (χ0v) is 8.79. The summed E-state index contributed by atoms with van der Waals surface area (Å²) in [6, 6.07) is 2.49. The van der Waals surface area contributed by atoms with E-state index < -0.39 is 11.8 Å². The summed E-state index contributed by atoms with van der Waals surface area (Å²) in [7, 11) is 1.26. The molecule has 0 bridgehead atoms. The van der Waals surface area contributed by atoms with E-state index in [0.717, 1.165) is 0 Å². The normalized spacial score (nSPS) is 14.1. The van der Waals surface area contributed by atoms with Crippen molar-refractivity contribution in [2.24, 2.45) is 0 Å². The number of carbonyl (C=O) groups is 1. The van der Waals surface area contributed by atoms with Crippen LogP contribution in [0.1, 0.15) is 16.8 Å². The lowest BCUT2D eigenvalue weighted by atomic mass is 10.2. The van der Waals surface area contributed by atoms with Crippen LogP contribution in [0.3, 0.4) is 0 Å². The number of ether oxygens (including phenoxy) is 3. The minimum absolute atomic E-state index is 0.0135. The maximum atomic E-state index is 13.4. The van der Waals surface area contributed by atoms with Gasteiger partial charge in [-0.2, -0.15) is 0 Å². The second-order valence-electron chi connectivity index (χ2n) is 3.30. The fourth-order valence-electron chi connectivity index (χ4n) is 1.49. The minimum atomic E-state index is -0.568. The van der Waals surface area contributed by atoms with Crippen molar-refractivity contribution in [1.29, 1.82) is 0 Å². The molecule has 0 saturated carbocycles. The summed E-state index contributed by atoms with van der Waals surface area (Å²) >= 11 is 0. The molecule has 4 nitrogen and oxygen atoms in total. The Morgan fingerprint density at radius 2 is 2.00 bits per heavy atom. The number of hydrogen-bond acceptors (Lipinski definition) is 4. The van der Waals surface area contributed by atoms with Crippen LogP contribution in [0.2, 0.25) is 0 Å². The summed E-state index contributed by atoms with van der Waals surface area (Å²) < 4.78 is 28.6. The van der Waals surface area contributed by atoms with Crippen molar-refractivity contribution in [2.45, 2.75) is 6.42 Å². The van der Waals surface area contributed by atoms with Gasteiger partial charge in [-0.15, -0.1) is 0 Å². The topological polar surface area (TPSA) is 44.8 Å². The van der Waals surface area contributed by atoms with Crippen molar-refractivity contribution in [3.05, 3.63) is 23.5 Å². The van der Waals surface area contributed by atoms with Gasteiger partial charge in [0.2, 0.25) is 0 Å². The molecule has 1 heterocycles. The summed E-state index contributed by atoms with van der Waals surface area (Å²) in [5, 5.41) is 0. The van der Waals surface area contributed by atoms with Crippen LogP contribution in [0.25, 0.3) is 0 Å². The Kier molecular flexibility index (Phi) is 2.94. The smallest absolute Gasteiger partial charge is 0.341 e. The Labute approximate surface area is 91.9 Å². The molecule has 5 heteroatoms. The average molecular weight is 226 g/mol. The van der Waals surface area contributed by atoms with Gasteiger partial charge in [-0.3, -0.25) is 0 Å². The van der Waals surface area contributed by atoms with E-state index in [9.17, 15) is 9.18 Å². The number of hydrogen-bond donors (Lipinski definition) is 0. The van der Waals surface area contributed by atoms with Crippen LogP contribution in [-0.2, 0) is 4.74 Å². The third kappa shape index (κ3) is 1.80. The summed E-state index contributed by atoms with van der Waals surface area (Å²) in [6.45, 7) is 0.759. The van der Waals surface area contributed by atoms with Crippen LogP contribution < -0.4 is 9.47 Å². The third-order valence-corrected chi connectivity index (χ3v) is 2.25. The molecular weight excluding hydrogens is 215 g/mol. The molecule has 0 atom stereocenters. The zero-order valence-electron chi connectivity index (χ0n) is 8.79. The van der Waals surface area contributed by atoms with E-state index in [1.165, 1.54) is 19.2 Å². The van der Waals surface area contributed by atoms with Crippen LogP contribution in [0.4, 0.5) is 4.39 Å². The summed E-state index contributed by atoms with van der Waals surface area (Å²) in [4.78, 5) is 11.4. The molecule has 0 N–H and O–H groups in total. The van der Waals surface area contributed by atoms with E-state index in [1.807, 2.05) is 0 Å². The Hall–Kier alpha value is -1.78. The lowest BCUT2D eigenvalue weighted by Crippen LogP contribution is -2.06. The van der Waals surface area contributed by atoms with E-state index in [4.69, 9.17) is 9.47 Å². The highest BCUT2D eigenvalue weighted by molar-refractivity contribution is 5.93. The highest BCUT2D eigenvalue weighted by Gasteiger charge is 2.23. The zero-order chi connectivity index (χ0) is 11.5. The van der Waals surface area contributed by atoms with E-state index in [-0.39, 0.29) is 17.1 Å². The van der Waals surface area contributed by atoms with Gasteiger partial charge in [0, 0.05) is 6.42 Å². The van der Waals surface area contributed by atoms with Crippen LogP contribution in [0, 0.1) is 5.82 Å². The Morgan fingerprint density at radius 3 is 2.69 bits per heavy atom. The second kappa shape index (κ2) is 4.38. The van der Waals surface area contributed by atoms with E-state index in [1.54, 1.807) is 0 Å². The van der Waals surface area contributed by atoms with Crippen LogP contribution >= 0.6 is 0 Å². The Bertz CT molecular complexity index is 417. The number of benzene rings is 1. The van der Waals surface area contributed by atoms with Gasteiger partial charge < -0.3 is 14.2 Å². The number of rotatable bonds is 1. The second-order valence-corrected chi connectivity index (χ2v) is 3.30. The molecule has 0 spiro atoms. The molecule has 1 aliphatic heterocycles. The molecule has 0 aliphatic carbocycles. The standard InChI is InChI=1S/C11H11FO4/c1-14-11(13)7-3-4-8(12)10-9(7)15-5-2-6-16-10/h3-4H,2,5-6H2,1H3. The predicted molar refractivity (Wildman–Crippen MR) is 53.3 cm³/mol. The van der Waals surface area contributed by atoms with Crippen LogP contribution in [0.15, 0.2) is 12.1 Å². The van der Waals surface area contributed by atoms with Gasteiger partial charge in [-0.1, -0.05) is 0 Å². The molecule has 0 fully saturated rings. The SMILES string of the molecule is COC(=O)c1ccc(F)c2c1OCCCO2. The monoisotopic (exact) mass is 226 g/mol. The maximum Gasteiger partial charge on any atom is 0.341 e. The lowest BCUT2D eigenvalue weighted by molar-refractivity contribution is 0.0595. The van der Waals surface area contributed by atoms with Crippen molar-refractivity contribution in [2.75, 3.05) is 20.3 Å². The largest absolute Gasteiger partial charge is 0.489 e. The quantitative estimate of drug-likeness (QED) is 0.684. The number of carbonyl (C=O) groups excluding carboxylic acids is 1. The molecule has 16 heavy (non-hydrogen) atoms. The molecule has 86 valence electrons. The molecule has 0 saturated heterocycles. The van der Waals surface area contributed by atoms with Gasteiger partial charge in [0.25, 0.3) is 0 Å². The molecule has 1 aromatic rings. The molecule has 0 unspecified atom stereocenters. The lowest BCUT2D eigenvalue weighted by Gasteiger charge is -2.11. The number of methoxy groups -OCH3 is 1. The summed E-state index contributed by atoms with van der Waals surface area (Å²) in [6.07, 6.45) is 0.648. The number of esters is 1. The molecule has 0 amide bonds. The van der Waals surface area contributed by atoms with Gasteiger partial charge in [0.05, 0.1) is 20.3 Å². The van der Waals surface area contributed by atoms with Crippen molar-refractivity contribution in [3.63, 3.8) is 0 Å². The molecule has 1 aromatic carbocycles. The molecule has 2 rings (SSSR count). The van der Waals surface area contributed by atoms with Crippen molar-refractivity contribution < 1.29 is 23.4 Å². The van der Waals surface area contributed by atoms with Crippen molar-refractivity contribution in [3.8, 4) is 11.5 Å². The average Bonchev–Trinajstić information content (AvgIpc) is 2.55. The van der Waals surface area contributed by atoms with E-state index in [2.05, 4.69) is 4.74 Å². The van der Waals surface area contributed by atoms with Gasteiger partial charge in [0.1, 0.15) is 5.56 Å². The molecule has 0 radical (unpaired) electrons. The summed E-state index contributed by atoms with van der Waals surface area (Å²) in [5.41, 5.74) is 0.181. The fourth-order valence-corrected chi connectivity index (χ4v) is 1.49. The first-order valence-corrected chi connectivity index (χ1v) is 4.90. The van der Waals surface area contributed by atoms with E-state index in [0.29, 0.717) is 19.6 Å². The maximum absolute atomic E-state index is 13.4. The summed E-state index contributed by atoms with van der Waals surface area (Å²) in [5.74, 6) is -0.990. The highest BCUT2D eigenvalue weighted by atomic mass is 19.1. The van der Waals surface area contributed by atoms with Gasteiger partial charge in [-0.25, -0.2) is 9.18 Å². The third-order valence-electron chi connectivity index (χ3n) is 2.25.